The molecule has 1 aliphatic rings. The third-order valence-corrected chi connectivity index (χ3v) is 4.86. The Hall–Kier alpha value is -1.11. The zero-order chi connectivity index (χ0) is 14.5. The predicted molar refractivity (Wildman–Crippen MR) is 81.0 cm³/mol. The molecule has 2 amide bonds. The van der Waals surface area contributed by atoms with Crippen LogP contribution in [0.15, 0.2) is 11.4 Å². The summed E-state index contributed by atoms with van der Waals surface area (Å²) in [4.78, 5) is 17.2. The van der Waals surface area contributed by atoms with Gasteiger partial charge in [-0.1, -0.05) is 0 Å². The number of nitrogens with one attached hydrogen (secondary N) is 1. The number of thiophene rings is 1. The fourth-order valence-corrected chi connectivity index (χ4v) is 3.16. The topological polar surface area (TPSA) is 55.8 Å². The summed E-state index contributed by atoms with van der Waals surface area (Å²) in [7, 11) is 1.70. The minimum atomic E-state index is -0.154. The van der Waals surface area contributed by atoms with Crippen molar-refractivity contribution >= 4 is 17.4 Å². The molecule has 2 heterocycles. The number of hydrogen-bond acceptors (Lipinski definition) is 4. The number of likely N-dealkylation sites (N-methyl/N-ethyl adjacent to an activating group) is 1. The van der Waals surface area contributed by atoms with E-state index in [0.29, 0.717) is 6.54 Å². The van der Waals surface area contributed by atoms with Gasteiger partial charge in [-0.25, -0.2) is 4.79 Å². The summed E-state index contributed by atoms with van der Waals surface area (Å²) in [6, 6.07) is 1.92. The third-order valence-electron chi connectivity index (χ3n) is 3.84. The molecule has 2 rings (SSSR count). The van der Waals surface area contributed by atoms with Gasteiger partial charge in [-0.15, -0.1) is 11.3 Å². The number of nitrogens with zero attached hydrogens (tertiary/aromatic N) is 2. The molecule has 112 valence electrons. The first-order valence-corrected chi connectivity index (χ1v) is 7.89. The van der Waals surface area contributed by atoms with Crippen LogP contribution < -0.4 is 5.32 Å². The lowest BCUT2D eigenvalue weighted by molar-refractivity contribution is 0.155. The van der Waals surface area contributed by atoms with Crippen molar-refractivity contribution in [3.8, 4) is 0 Å². The largest absolute Gasteiger partial charge is 0.394 e. The number of rotatable bonds is 5. The number of hydrogen-bond donors (Lipinski definition) is 2. The Kier molecular flexibility index (Phi) is 5.39. The van der Waals surface area contributed by atoms with Crippen LogP contribution in [-0.4, -0.2) is 60.3 Å². The molecule has 1 unspecified atom stereocenters. The van der Waals surface area contributed by atoms with Gasteiger partial charge in [0.15, 0.2) is 0 Å². The Morgan fingerprint density at radius 2 is 2.45 bits per heavy atom. The Bertz CT molecular complexity index is 449. The summed E-state index contributed by atoms with van der Waals surface area (Å²) in [6.45, 7) is 5.35. The van der Waals surface area contributed by atoms with Crippen molar-refractivity contribution in [1.82, 2.24) is 15.1 Å². The summed E-state index contributed by atoms with van der Waals surface area (Å²) in [6.07, 6.45) is 1.11. The lowest BCUT2D eigenvalue weighted by atomic mass is 10.1. The van der Waals surface area contributed by atoms with Gasteiger partial charge in [0.2, 0.25) is 0 Å². The zero-order valence-electron chi connectivity index (χ0n) is 12.1. The van der Waals surface area contributed by atoms with Gasteiger partial charge in [0.25, 0.3) is 0 Å². The molecule has 0 aliphatic carbocycles. The quantitative estimate of drug-likeness (QED) is 0.856. The molecule has 0 radical (unpaired) electrons. The van der Waals surface area contributed by atoms with Crippen molar-refractivity contribution in [2.24, 2.45) is 0 Å². The van der Waals surface area contributed by atoms with E-state index in [1.807, 2.05) is 18.3 Å². The van der Waals surface area contributed by atoms with Crippen LogP contribution in [0.2, 0.25) is 0 Å². The minimum Gasteiger partial charge on any atom is -0.394 e. The van der Waals surface area contributed by atoms with Crippen LogP contribution in [0.3, 0.4) is 0 Å². The predicted octanol–water partition coefficient (Wildman–Crippen LogP) is 1.13. The van der Waals surface area contributed by atoms with E-state index in [1.165, 1.54) is 15.3 Å². The average molecular weight is 297 g/mol. The van der Waals surface area contributed by atoms with Crippen molar-refractivity contribution in [2.75, 3.05) is 33.3 Å². The highest BCUT2D eigenvalue weighted by atomic mass is 32.1. The molecule has 5 nitrogen and oxygen atoms in total. The minimum absolute atomic E-state index is 0.0169. The zero-order valence-corrected chi connectivity index (χ0v) is 12.9. The van der Waals surface area contributed by atoms with Crippen LogP contribution in [0.1, 0.15) is 17.4 Å². The second kappa shape index (κ2) is 7.06. The maximum Gasteiger partial charge on any atom is 0.317 e. The molecule has 2 N–H and O–H groups in total. The van der Waals surface area contributed by atoms with Gasteiger partial charge in [0.05, 0.1) is 12.6 Å². The van der Waals surface area contributed by atoms with Crippen LogP contribution in [0.5, 0.6) is 0 Å². The number of urea groups is 1. The van der Waals surface area contributed by atoms with E-state index in [2.05, 4.69) is 21.7 Å². The third kappa shape index (κ3) is 3.71. The first kappa shape index (κ1) is 15.3. The highest BCUT2D eigenvalue weighted by Crippen LogP contribution is 2.23. The molecule has 0 spiro atoms. The fourth-order valence-electron chi connectivity index (χ4n) is 2.27. The summed E-state index contributed by atoms with van der Waals surface area (Å²) < 4.78 is 0. The Morgan fingerprint density at radius 3 is 3.20 bits per heavy atom. The first-order valence-electron chi connectivity index (χ1n) is 7.01. The van der Waals surface area contributed by atoms with E-state index in [0.717, 1.165) is 26.1 Å². The molecule has 0 bridgehead atoms. The highest BCUT2D eigenvalue weighted by Gasteiger charge is 2.18. The smallest absolute Gasteiger partial charge is 0.317 e. The van der Waals surface area contributed by atoms with Crippen molar-refractivity contribution in [1.29, 1.82) is 0 Å². The normalized spacial score (nSPS) is 16.6. The molecule has 1 aromatic heterocycles. The van der Waals surface area contributed by atoms with E-state index >= 15 is 0 Å². The number of carbonyl (C=O) groups excluding carboxylic acids is 1. The van der Waals surface area contributed by atoms with E-state index in [4.69, 9.17) is 5.11 Å². The lowest BCUT2D eigenvalue weighted by Gasteiger charge is -2.28. The van der Waals surface area contributed by atoms with Crippen LogP contribution in [-0.2, 0) is 13.0 Å². The van der Waals surface area contributed by atoms with Crippen LogP contribution >= 0.6 is 11.3 Å². The molecular formula is C14H23N3O2S. The Morgan fingerprint density at radius 1 is 1.65 bits per heavy atom. The van der Waals surface area contributed by atoms with E-state index in [1.54, 1.807) is 7.05 Å². The van der Waals surface area contributed by atoms with Crippen molar-refractivity contribution in [3.63, 3.8) is 0 Å². The van der Waals surface area contributed by atoms with Crippen molar-refractivity contribution in [3.05, 3.63) is 21.9 Å². The maximum absolute atomic E-state index is 11.8. The van der Waals surface area contributed by atoms with Gasteiger partial charge < -0.3 is 15.3 Å². The molecule has 0 saturated carbocycles. The summed E-state index contributed by atoms with van der Waals surface area (Å²) >= 11 is 1.84. The van der Waals surface area contributed by atoms with E-state index in [-0.39, 0.29) is 18.7 Å². The van der Waals surface area contributed by atoms with E-state index < -0.39 is 0 Å². The molecular weight excluding hydrogens is 274 g/mol. The molecule has 1 aromatic rings. The first-order chi connectivity index (χ1) is 9.61. The van der Waals surface area contributed by atoms with Gasteiger partial charge in [-0.3, -0.25) is 4.90 Å². The number of aliphatic hydroxyl groups excluding tert-OH is 1. The SMILES string of the molecule is CC(CO)N(C)C(=O)NCCN1CCc2sccc2C1. The molecule has 1 atom stereocenters. The van der Waals surface area contributed by atoms with Crippen LogP contribution in [0.4, 0.5) is 4.79 Å². The Balaban J connectivity index is 1.70. The van der Waals surface area contributed by atoms with Gasteiger partial charge in [0.1, 0.15) is 0 Å². The number of amides is 2. The molecule has 0 saturated heterocycles. The number of carbonyl (C=O) groups is 1. The standard InChI is InChI=1S/C14H23N3O2S/c1-11(10-18)16(2)14(19)15-5-7-17-6-3-13-12(9-17)4-8-20-13/h4,8,11,18H,3,5-7,9-10H2,1-2H3,(H,15,19). The van der Waals surface area contributed by atoms with Crippen molar-refractivity contribution in [2.45, 2.75) is 25.9 Å². The fraction of sp³-hybridized carbons (Fsp3) is 0.643. The molecule has 20 heavy (non-hydrogen) atoms. The Labute approximate surface area is 124 Å². The summed E-state index contributed by atoms with van der Waals surface area (Å²) in [5, 5.41) is 14.1. The van der Waals surface area contributed by atoms with Crippen molar-refractivity contribution < 1.29 is 9.90 Å². The second-order valence-corrected chi connectivity index (χ2v) is 6.27. The monoisotopic (exact) mass is 297 g/mol. The maximum atomic E-state index is 11.8. The van der Waals surface area contributed by atoms with Gasteiger partial charge in [-0.05, 0) is 30.4 Å². The molecule has 0 aromatic carbocycles. The van der Waals surface area contributed by atoms with Gasteiger partial charge in [-0.2, -0.15) is 0 Å². The number of fused-ring (bicyclic) bond motifs is 1. The van der Waals surface area contributed by atoms with Crippen LogP contribution in [0.25, 0.3) is 0 Å². The van der Waals surface area contributed by atoms with Gasteiger partial charge >= 0.3 is 6.03 Å². The summed E-state index contributed by atoms with van der Waals surface area (Å²) in [5.41, 5.74) is 1.43. The lowest BCUT2D eigenvalue weighted by Crippen LogP contribution is -2.46. The average Bonchev–Trinajstić information content (AvgIpc) is 2.93. The second-order valence-electron chi connectivity index (χ2n) is 5.27. The van der Waals surface area contributed by atoms with Gasteiger partial charge in [0, 0.05) is 38.1 Å². The number of aliphatic hydroxyl groups is 1. The highest BCUT2D eigenvalue weighted by molar-refractivity contribution is 7.10. The van der Waals surface area contributed by atoms with E-state index in [9.17, 15) is 4.79 Å². The molecule has 0 fully saturated rings. The van der Waals surface area contributed by atoms with Crippen LogP contribution in [0, 0.1) is 0 Å². The molecule has 1 aliphatic heterocycles. The molecule has 6 heteroatoms. The summed E-state index contributed by atoms with van der Waals surface area (Å²) in [5.74, 6) is 0.